The van der Waals surface area contributed by atoms with Crippen LogP contribution in [0.4, 0.5) is 0 Å². The van der Waals surface area contributed by atoms with E-state index in [0.717, 1.165) is 44.2 Å². The minimum Gasteiger partial charge on any atom is -0.465 e. The maximum atomic E-state index is 14.4. The summed E-state index contributed by atoms with van der Waals surface area (Å²) in [5.41, 5.74) is 0.583. The maximum Gasteiger partial charge on any atom is 0.306 e. The lowest BCUT2D eigenvalue weighted by Gasteiger charge is -2.67. The molecule has 0 aromatic rings. The van der Waals surface area contributed by atoms with Gasteiger partial charge < -0.3 is 14.4 Å². The predicted molar refractivity (Wildman–Crippen MR) is 132 cm³/mol. The molecule has 0 N–H and O–H groups in total. The Hall–Kier alpha value is -1.95. The number of ether oxygens (including phenoxy) is 2. The molecule has 10 atom stereocenters. The van der Waals surface area contributed by atoms with E-state index in [-0.39, 0.29) is 64.9 Å². The van der Waals surface area contributed by atoms with Gasteiger partial charge in [-0.1, -0.05) is 39.3 Å². The molecule has 1 saturated carbocycles. The molecule has 4 heterocycles. The third-order valence-electron chi connectivity index (χ3n) is 11.9. The first kappa shape index (κ1) is 23.2. The minimum absolute atomic E-state index is 0.0389. The summed E-state index contributed by atoms with van der Waals surface area (Å²) in [5, 5.41) is 0. The molecular formula is C30H39NO5. The van der Waals surface area contributed by atoms with E-state index in [0.29, 0.717) is 12.5 Å². The van der Waals surface area contributed by atoms with Gasteiger partial charge in [0.15, 0.2) is 5.78 Å². The average molecular weight is 494 g/mol. The van der Waals surface area contributed by atoms with Gasteiger partial charge in [-0.05, 0) is 56.9 Å². The van der Waals surface area contributed by atoms with Crippen molar-refractivity contribution in [1.82, 2.24) is 4.90 Å². The number of carbonyl (C=O) groups is 3. The Morgan fingerprint density at radius 2 is 1.89 bits per heavy atom. The zero-order valence-electron chi connectivity index (χ0n) is 22.3. The van der Waals surface area contributed by atoms with Crippen LogP contribution in [0.2, 0.25) is 0 Å². The van der Waals surface area contributed by atoms with E-state index in [4.69, 9.17) is 9.47 Å². The van der Waals surface area contributed by atoms with E-state index in [1.807, 2.05) is 13.8 Å². The Balaban J connectivity index is 1.47. The fraction of sp³-hybridized carbons (Fsp3) is 0.767. The molecule has 6 heteroatoms. The van der Waals surface area contributed by atoms with Crippen molar-refractivity contribution >= 4 is 17.5 Å². The molecular weight excluding hydrogens is 454 g/mol. The normalized spacial score (nSPS) is 53.2. The standard InChI is InChI=1S/C30H39NO5/c1-16-9-20-24(21(32)10-16)18(3)25(34)26-27(20,4)12-22-28(5,29(26)13-23(33)35-15-29)6-7-30-11-17(2)8-19(36-30)14-31(22)30/h10,12,17-20,24,26H,6-9,11,13-15H2,1-5H3/t17-,18+,19+,20+,24-,26-,27-,28+,29-,30-/m0/s1. The second-order valence-electron chi connectivity index (χ2n) is 13.9. The molecule has 0 aromatic carbocycles. The number of rotatable bonds is 0. The zero-order valence-corrected chi connectivity index (χ0v) is 22.3. The molecule has 0 unspecified atom stereocenters. The fourth-order valence-electron chi connectivity index (χ4n) is 10.4. The van der Waals surface area contributed by atoms with Gasteiger partial charge in [0.25, 0.3) is 0 Å². The van der Waals surface area contributed by atoms with Crippen LogP contribution in [0.15, 0.2) is 23.4 Å². The number of allylic oxidation sites excluding steroid dienone is 4. The molecule has 6 nitrogen and oxygen atoms in total. The first-order valence-corrected chi connectivity index (χ1v) is 14.0. The van der Waals surface area contributed by atoms with Crippen molar-refractivity contribution in [2.75, 3.05) is 13.2 Å². The first-order valence-electron chi connectivity index (χ1n) is 14.0. The SMILES string of the molecule is CC1=CC(=O)[C@@H]2[C@@H](C1)[C@]1(C)C=C3N4C[C@H]5C[C@H](C)C[C@]4(CC[C@@]3(C)[C@@]3(COC(=O)C3)[C@H]1C(=O)[C@@H]2C)O5. The maximum absolute atomic E-state index is 14.4. The molecule has 5 fully saturated rings. The summed E-state index contributed by atoms with van der Waals surface area (Å²) in [6, 6.07) is 0. The molecule has 7 aliphatic rings. The molecule has 194 valence electrons. The molecule has 36 heavy (non-hydrogen) atoms. The predicted octanol–water partition coefficient (Wildman–Crippen LogP) is 4.44. The van der Waals surface area contributed by atoms with Gasteiger partial charge in [-0.25, -0.2) is 0 Å². The summed E-state index contributed by atoms with van der Waals surface area (Å²) >= 11 is 0. The van der Waals surface area contributed by atoms with Crippen molar-refractivity contribution in [1.29, 1.82) is 0 Å². The summed E-state index contributed by atoms with van der Waals surface area (Å²) < 4.78 is 12.5. The van der Waals surface area contributed by atoms with Gasteiger partial charge in [0.05, 0.1) is 19.1 Å². The van der Waals surface area contributed by atoms with Gasteiger partial charge in [0.1, 0.15) is 11.5 Å². The van der Waals surface area contributed by atoms with Gasteiger partial charge in [-0.3, -0.25) is 14.4 Å². The minimum atomic E-state index is -0.596. The topological polar surface area (TPSA) is 72.9 Å². The Kier molecular flexibility index (Phi) is 4.46. The molecule has 4 aliphatic heterocycles. The first-order chi connectivity index (χ1) is 16.9. The lowest BCUT2D eigenvalue weighted by molar-refractivity contribution is -0.200. The number of hydrogen-bond donors (Lipinski definition) is 0. The molecule has 0 radical (unpaired) electrons. The van der Waals surface area contributed by atoms with Crippen molar-refractivity contribution in [2.45, 2.75) is 85.0 Å². The van der Waals surface area contributed by atoms with Crippen LogP contribution in [0, 0.1) is 45.8 Å². The van der Waals surface area contributed by atoms with Crippen LogP contribution >= 0.6 is 0 Å². The smallest absolute Gasteiger partial charge is 0.306 e. The highest BCUT2D eigenvalue weighted by Crippen LogP contribution is 2.73. The van der Waals surface area contributed by atoms with Gasteiger partial charge in [0.2, 0.25) is 0 Å². The van der Waals surface area contributed by atoms with Crippen molar-refractivity contribution in [2.24, 2.45) is 45.8 Å². The lowest BCUT2D eigenvalue weighted by atomic mass is 9.37. The van der Waals surface area contributed by atoms with E-state index in [1.165, 1.54) is 5.70 Å². The second kappa shape index (κ2) is 6.92. The molecule has 2 bridgehead atoms. The van der Waals surface area contributed by atoms with Crippen LogP contribution in [0.1, 0.15) is 73.1 Å². The Labute approximate surface area is 213 Å². The Morgan fingerprint density at radius 3 is 2.61 bits per heavy atom. The van der Waals surface area contributed by atoms with Gasteiger partial charge in [0, 0.05) is 46.2 Å². The molecule has 0 amide bonds. The van der Waals surface area contributed by atoms with Gasteiger partial charge in [-0.2, -0.15) is 0 Å². The molecule has 7 rings (SSSR count). The number of Topliss-reactive ketones (excluding diaryl/α,β-unsaturated/α-hetero) is 1. The van der Waals surface area contributed by atoms with Crippen molar-refractivity contribution in [3.8, 4) is 0 Å². The van der Waals surface area contributed by atoms with Crippen LogP contribution in [0.5, 0.6) is 0 Å². The average Bonchev–Trinajstić information content (AvgIpc) is 3.31. The number of carbonyl (C=O) groups excluding carboxylic acids is 3. The summed E-state index contributed by atoms with van der Waals surface area (Å²) in [6.45, 7) is 12.0. The van der Waals surface area contributed by atoms with E-state index >= 15 is 0 Å². The van der Waals surface area contributed by atoms with Crippen molar-refractivity contribution in [3.63, 3.8) is 0 Å². The number of fused-ring (bicyclic) bond motifs is 8. The number of hydrogen-bond acceptors (Lipinski definition) is 6. The third kappa shape index (κ3) is 2.55. The zero-order chi connectivity index (χ0) is 25.4. The Morgan fingerprint density at radius 1 is 1.11 bits per heavy atom. The third-order valence-corrected chi connectivity index (χ3v) is 11.9. The van der Waals surface area contributed by atoms with Gasteiger partial charge in [-0.15, -0.1) is 0 Å². The van der Waals surface area contributed by atoms with Crippen LogP contribution < -0.4 is 0 Å². The number of ketones is 2. The summed E-state index contributed by atoms with van der Waals surface area (Å²) in [6.07, 6.45) is 9.38. The van der Waals surface area contributed by atoms with E-state index in [2.05, 4.69) is 31.7 Å². The van der Waals surface area contributed by atoms with Crippen LogP contribution in [0.3, 0.4) is 0 Å². The molecule has 3 aliphatic carbocycles. The summed E-state index contributed by atoms with van der Waals surface area (Å²) in [4.78, 5) is 43.1. The van der Waals surface area contributed by atoms with E-state index in [1.54, 1.807) is 6.08 Å². The summed E-state index contributed by atoms with van der Waals surface area (Å²) in [7, 11) is 0. The Bertz CT molecular complexity index is 1160. The highest BCUT2D eigenvalue weighted by molar-refractivity contribution is 6.00. The molecule has 2 spiro atoms. The quantitative estimate of drug-likeness (QED) is 0.465. The van der Waals surface area contributed by atoms with Gasteiger partial charge >= 0.3 is 5.97 Å². The lowest BCUT2D eigenvalue weighted by Crippen LogP contribution is -2.69. The largest absolute Gasteiger partial charge is 0.465 e. The number of nitrogens with zero attached hydrogens (tertiary/aromatic N) is 1. The highest BCUT2D eigenvalue weighted by Gasteiger charge is 2.74. The van der Waals surface area contributed by atoms with Crippen molar-refractivity contribution in [3.05, 3.63) is 23.4 Å². The monoisotopic (exact) mass is 493 g/mol. The van der Waals surface area contributed by atoms with E-state index in [9.17, 15) is 14.4 Å². The highest BCUT2D eigenvalue weighted by atomic mass is 16.5. The number of piperidine rings is 1. The number of esters is 1. The molecule has 0 aromatic heterocycles. The second-order valence-corrected chi connectivity index (χ2v) is 13.9. The van der Waals surface area contributed by atoms with Crippen LogP contribution in [-0.2, 0) is 23.9 Å². The van der Waals surface area contributed by atoms with Crippen molar-refractivity contribution < 1.29 is 23.9 Å². The molecule has 4 saturated heterocycles. The van der Waals surface area contributed by atoms with Crippen LogP contribution in [0.25, 0.3) is 0 Å². The number of cyclic esters (lactones) is 1. The van der Waals surface area contributed by atoms with Crippen LogP contribution in [-0.4, -0.2) is 47.4 Å². The fourth-order valence-corrected chi connectivity index (χ4v) is 10.4. The summed E-state index contributed by atoms with van der Waals surface area (Å²) in [5.74, 6) is -0.275. The van der Waals surface area contributed by atoms with E-state index < -0.39 is 10.8 Å².